The minimum atomic E-state index is 0.174. The van der Waals surface area contributed by atoms with Gasteiger partial charge in [0.25, 0.3) is 0 Å². The van der Waals surface area contributed by atoms with Crippen LogP contribution in [-0.2, 0) is 9.47 Å². The molecule has 2 unspecified atom stereocenters. The maximum Gasteiger partial charge on any atom is 0.191 e. The van der Waals surface area contributed by atoms with E-state index < -0.39 is 0 Å². The Hall–Kier alpha value is -0.460. The molecule has 152 valence electrons. The number of ether oxygens (including phenoxy) is 2. The zero-order valence-electron chi connectivity index (χ0n) is 17.4. The second-order valence-electron chi connectivity index (χ2n) is 8.64. The van der Waals surface area contributed by atoms with Crippen LogP contribution in [0.5, 0.6) is 0 Å². The lowest BCUT2D eigenvalue weighted by Gasteiger charge is -2.40. The van der Waals surface area contributed by atoms with Crippen LogP contribution in [0.3, 0.4) is 0 Å². The molecule has 0 bridgehead atoms. The molecule has 2 fully saturated rings. The molecule has 2 rings (SSSR count). The summed E-state index contributed by atoms with van der Waals surface area (Å²) in [6.07, 6.45) is 7.05. The smallest absolute Gasteiger partial charge is 0.191 e. The predicted molar refractivity (Wildman–Crippen MR) is 112 cm³/mol. The predicted octanol–water partition coefficient (Wildman–Crippen LogP) is 3.30. The number of nitrogens with one attached hydrogen (secondary N) is 2. The van der Waals surface area contributed by atoms with E-state index in [-0.39, 0.29) is 10.2 Å². The van der Waals surface area contributed by atoms with E-state index in [1.165, 1.54) is 6.42 Å². The zero-order chi connectivity index (χ0) is 19.0. The van der Waals surface area contributed by atoms with Gasteiger partial charge in [-0.15, -0.1) is 0 Å². The van der Waals surface area contributed by atoms with Crippen LogP contribution in [0.4, 0.5) is 0 Å². The lowest BCUT2D eigenvalue weighted by Crippen LogP contribution is -2.48. The fourth-order valence-corrected chi connectivity index (χ4v) is 4.74. The molecule has 26 heavy (non-hydrogen) atoms. The van der Waals surface area contributed by atoms with E-state index in [9.17, 15) is 0 Å². The summed E-state index contributed by atoms with van der Waals surface area (Å²) in [5, 5.41) is 7.01. The van der Waals surface area contributed by atoms with Gasteiger partial charge in [0, 0.05) is 43.6 Å². The van der Waals surface area contributed by atoms with Gasteiger partial charge in [-0.3, -0.25) is 4.99 Å². The van der Waals surface area contributed by atoms with E-state index in [2.05, 4.69) is 44.6 Å². The first kappa shape index (κ1) is 21.8. The van der Waals surface area contributed by atoms with E-state index in [0.29, 0.717) is 12.0 Å². The van der Waals surface area contributed by atoms with Crippen LogP contribution in [0.25, 0.3) is 0 Å². The number of thioether (sulfide) groups is 1. The highest BCUT2D eigenvalue weighted by molar-refractivity contribution is 8.00. The lowest BCUT2D eigenvalue weighted by molar-refractivity contribution is -0.0835. The zero-order valence-corrected chi connectivity index (χ0v) is 18.2. The van der Waals surface area contributed by atoms with Gasteiger partial charge in [-0.2, -0.15) is 11.8 Å². The van der Waals surface area contributed by atoms with E-state index >= 15 is 0 Å². The quantitative estimate of drug-likeness (QED) is 0.543. The van der Waals surface area contributed by atoms with Crippen molar-refractivity contribution in [3.05, 3.63) is 0 Å². The van der Waals surface area contributed by atoms with Crippen LogP contribution in [0, 0.1) is 11.3 Å². The minimum absolute atomic E-state index is 0.174. The highest BCUT2D eigenvalue weighted by atomic mass is 32.2. The van der Waals surface area contributed by atoms with Gasteiger partial charge in [-0.25, -0.2) is 0 Å². The van der Waals surface area contributed by atoms with Crippen molar-refractivity contribution in [3.8, 4) is 0 Å². The van der Waals surface area contributed by atoms with Gasteiger partial charge in [0.05, 0.1) is 12.6 Å². The summed E-state index contributed by atoms with van der Waals surface area (Å²) in [5.74, 6) is 1.47. The molecule has 2 heterocycles. The Morgan fingerprint density at radius 1 is 1.19 bits per heavy atom. The van der Waals surface area contributed by atoms with E-state index in [0.717, 1.165) is 64.7 Å². The number of guanidine groups is 1. The second kappa shape index (κ2) is 10.2. The number of nitrogens with zero attached hydrogens (tertiary/aromatic N) is 1. The molecule has 0 spiro atoms. The molecule has 0 saturated carbocycles. The maximum atomic E-state index is 6.12. The molecule has 0 aromatic rings. The van der Waals surface area contributed by atoms with Crippen molar-refractivity contribution in [2.24, 2.45) is 16.3 Å². The Morgan fingerprint density at radius 2 is 1.92 bits per heavy atom. The molecule has 2 aliphatic rings. The summed E-state index contributed by atoms with van der Waals surface area (Å²) < 4.78 is 11.9. The third-order valence-electron chi connectivity index (χ3n) is 5.54. The van der Waals surface area contributed by atoms with E-state index in [1.54, 1.807) is 0 Å². The van der Waals surface area contributed by atoms with Crippen molar-refractivity contribution in [2.75, 3.05) is 45.7 Å². The van der Waals surface area contributed by atoms with Gasteiger partial charge < -0.3 is 20.1 Å². The molecule has 2 aliphatic heterocycles. The fraction of sp³-hybridized carbons (Fsp3) is 0.950. The summed E-state index contributed by atoms with van der Waals surface area (Å²) in [7, 11) is 0. The monoisotopic (exact) mass is 385 g/mol. The highest BCUT2D eigenvalue weighted by Crippen LogP contribution is 2.35. The Morgan fingerprint density at radius 3 is 2.54 bits per heavy atom. The molecule has 0 amide bonds. The Kier molecular flexibility index (Phi) is 8.55. The Bertz CT molecular complexity index is 445. The molecule has 0 aromatic heterocycles. The molecule has 0 radical (unpaired) electrons. The first-order valence-electron chi connectivity index (χ1n) is 10.2. The summed E-state index contributed by atoms with van der Waals surface area (Å²) in [6.45, 7) is 14.2. The SMILES string of the molecule is CCNC(=NCC1(SC)CCOCC1)NCC1CCCOC1C(C)(C)C. The standard InChI is InChI=1S/C20H39N3O2S/c1-6-21-18(23-15-20(26-5)9-12-24-13-10-20)22-14-16-8-7-11-25-17(16)19(2,3)4/h16-17H,6-15H2,1-5H3,(H2,21,22,23). The van der Waals surface area contributed by atoms with Gasteiger partial charge in [-0.05, 0) is 44.3 Å². The summed E-state index contributed by atoms with van der Waals surface area (Å²) >= 11 is 1.94. The second-order valence-corrected chi connectivity index (χ2v) is 9.91. The number of hydrogen-bond acceptors (Lipinski definition) is 4. The molecular formula is C20H39N3O2S. The molecule has 2 N–H and O–H groups in total. The maximum absolute atomic E-state index is 6.12. The third-order valence-corrected chi connectivity index (χ3v) is 6.94. The normalized spacial score (nSPS) is 27.2. The van der Waals surface area contributed by atoms with Gasteiger partial charge in [-0.1, -0.05) is 20.8 Å². The molecular weight excluding hydrogens is 346 g/mol. The van der Waals surface area contributed by atoms with Crippen molar-refractivity contribution >= 4 is 17.7 Å². The van der Waals surface area contributed by atoms with Crippen molar-refractivity contribution < 1.29 is 9.47 Å². The van der Waals surface area contributed by atoms with Crippen LogP contribution in [-0.4, -0.2) is 62.5 Å². The number of aliphatic imine (C=N–C) groups is 1. The van der Waals surface area contributed by atoms with Gasteiger partial charge in [0.1, 0.15) is 0 Å². The summed E-state index contributed by atoms with van der Waals surface area (Å²) in [5.41, 5.74) is 0.174. The van der Waals surface area contributed by atoms with Crippen molar-refractivity contribution in [2.45, 2.75) is 64.2 Å². The van der Waals surface area contributed by atoms with Gasteiger partial charge in [0.2, 0.25) is 0 Å². The molecule has 0 aliphatic carbocycles. The highest BCUT2D eigenvalue weighted by Gasteiger charge is 2.35. The Labute approximate surface area is 164 Å². The van der Waals surface area contributed by atoms with Crippen molar-refractivity contribution in [1.29, 1.82) is 0 Å². The molecule has 2 atom stereocenters. The van der Waals surface area contributed by atoms with Crippen LogP contribution >= 0.6 is 11.8 Å². The van der Waals surface area contributed by atoms with E-state index in [1.807, 2.05) is 11.8 Å². The van der Waals surface area contributed by atoms with Crippen LogP contribution in [0.2, 0.25) is 0 Å². The first-order valence-corrected chi connectivity index (χ1v) is 11.4. The molecule has 0 aromatic carbocycles. The Balaban J connectivity index is 1.96. The van der Waals surface area contributed by atoms with Crippen molar-refractivity contribution in [3.63, 3.8) is 0 Å². The average Bonchev–Trinajstić information content (AvgIpc) is 2.64. The molecule has 2 saturated heterocycles. The van der Waals surface area contributed by atoms with Crippen LogP contribution in [0.15, 0.2) is 4.99 Å². The topological polar surface area (TPSA) is 54.9 Å². The third kappa shape index (κ3) is 6.31. The summed E-state index contributed by atoms with van der Waals surface area (Å²) in [4.78, 5) is 4.93. The average molecular weight is 386 g/mol. The van der Waals surface area contributed by atoms with Crippen LogP contribution < -0.4 is 10.6 Å². The number of hydrogen-bond donors (Lipinski definition) is 2. The minimum Gasteiger partial charge on any atom is -0.381 e. The van der Waals surface area contributed by atoms with E-state index in [4.69, 9.17) is 14.5 Å². The summed E-state index contributed by atoms with van der Waals surface area (Å²) in [6, 6.07) is 0. The first-order chi connectivity index (χ1) is 12.4. The van der Waals surface area contributed by atoms with Crippen LogP contribution in [0.1, 0.15) is 53.4 Å². The van der Waals surface area contributed by atoms with Crippen molar-refractivity contribution in [1.82, 2.24) is 10.6 Å². The fourth-order valence-electron chi connectivity index (χ4n) is 3.97. The number of rotatable bonds is 6. The van der Waals surface area contributed by atoms with Gasteiger partial charge in [0.15, 0.2) is 5.96 Å². The molecule has 5 nitrogen and oxygen atoms in total. The molecule has 6 heteroatoms. The van der Waals surface area contributed by atoms with Gasteiger partial charge >= 0.3 is 0 Å². The largest absolute Gasteiger partial charge is 0.381 e. The lowest BCUT2D eigenvalue weighted by atomic mass is 9.78.